The number of rotatable bonds is 17. The molecule has 54 heavy (non-hydrogen) atoms. The molecule has 0 radical (unpaired) electrons. The highest BCUT2D eigenvalue weighted by Gasteiger charge is 2.36. The Balaban J connectivity index is 1.36. The molecule has 0 aromatic heterocycles. The van der Waals surface area contributed by atoms with E-state index in [1.54, 1.807) is 7.05 Å². The van der Waals surface area contributed by atoms with E-state index in [4.69, 9.17) is 19.9 Å². The van der Waals surface area contributed by atoms with Gasteiger partial charge in [0.05, 0.1) is 6.04 Å². The Labute approximate surface area is 321 Å². The molecule has 0 spiro atoms. The van der Waals surface area contributed by atoms with Crippen LogP contribution in [-0.2, 0) is 43.3 Å². The Kier molecular flexibility index (Phi) is 16.2. The normalized spacial score (nSPS) is 17.7. The molecular formula is C42H63N5O7. The van der Waals surface area contributed by atoms with Gasteiger partial charge < -0.3 is 40.8 Å². The number of hydrogen-bond acceptors (Lipinski definition) is 9. The van der Waals surface area contributed by atoms with E-state index in [0.717, 1.165) is 80.2 Å². The first-order valence-corrected chi connectivity index (χ1v) is 19.7. The van der Waals surface area contributed by atoms with Gasteiger partial charge in [0.1, 0.15) is 30.1 Å². The number of alkyl carbamates (subject to hydrolysis) is 1. The second-order valence-corrected chi connectivity index (χ2v) is 16.2. The zero-order chi connectivity index (χ0) is 39.3. The molecule has 2 aliphatic rings. The maximum atomic E-state index is 14.2. The van der Waals surface area contributed by atoms with Crippen molar-refractivity contribution >= 4 is 23.9 Å². The summed E-state index contributed by atoms with van der Waals surface area (Å²) in [5.74, 6) is -0.348. The summed E-state index contributed by atoms with van der Waals surface area (Å²) in [4.78, 5) is 54.1. The van der Waals surface area contributed by atoms with Crippen molar-refractivity contribution in [1.82, 2.24) is 20.9 Å². The highest BCUT2D eigenvalue weighted by atomic mass is 16.6. The molecule has 5 N–H and O–H groups in total. The summed E-state index contributed by atoms with van der Waals surface area (Å²) in [6.07, 6.45) is 6.60. The van der Waals surface area contributed by atoms with Gasteiger partial charge in [-0.1, -0.05) is 81.6 Å². The molecule has 2 aromatic carbocycles. The van der Waals surface area contributed by atoms with Crippen LogP contribution >= 0.6 is 0 Å². The minimum absolute atomic E-state index is 0.0915. The first kappa shape index (κ1) is 42.6. The van der Waals surface area contributed by atoms with Crippen LogP contribution in [0.4, 0.5) is 4.79 Å². The fraction of sp³-hybridized carbons (Fsp3) is 0.619. The summed E-state index contributed by atoms with van der Waals surface area (Å²) in [7, 11) is 1.55. The van der Waals surface area contributed by atoms with Gasteiger partial charge >= 0.3 is 12.1 Å². The number of para-hydroxylation sites is 1. The van der Waals surface area contributed by atoms with Crippen LogP contribution < -0.4 is 26.4 Å². The molecule has 4 atom stereocenters. The number of ether oxygens (including phenoxy) is 3. The van der Waals surface area contributed by atoms with Crippen molar-refractivity contribution in [3.8, 4) is 5.75 Å². The number of carbonyl (C=O) groups excluding carboxylic acids is 4. The van der Waals surface area contributed by atoms with Gasteiger partial charge in [-0.05, 0) is 94.2 Å². The van der Waals surface area contributed by atoms with Crippen molar-refractivity contribution in [1.29, 1.82) is 0 Å². The number of likely N-dealkylation sites (N-methyl/N-ethyl adjacent to an activating group) is 1. The molecule has 298 valence electrons. The average molecular weight is 750 g/mol. The van der Waals surface area contributed by atoms with E-state index in [-0.39, 0.29) is 30.5 Å². The molecule has 1 aliphatic heterocycles. The predicted molar refractivity (Wildman–Crippen MR) is 208 cm³/mol. The molecule has 0 saturated heterocycles. The number of hydrogen-bond donors (Lipinski definition) is 4. The molecule has 1 aliphatic carbocycles. The minimum atomic E-state index is -1.30. The first-order valence-electron chi connectivity index (χ1n) is 19.7. The van der Waals surface area contributed by atoms with E-state index in [9.17, 15) is 19.2 Å². The van der Waals surface area contributed by atoms with Crippen molar-refractivity contribution < 1.29 is 33.4 Å². The number of amides is 3. The summed E-state index contributed by atoms with van der Waals surface area (Å²) in [5.41, 5.74) is 8.97. The third kappa shape index (κ3) is 13.3. The van der Waals surface area contributed by atoms with Gasteiger partial charge in [0.25, 0.3) is 5.91 Å². The fourth-order valence-corrected chi connectivity index (χ4v) is 7.14. The highest BCUT2D eigenvalue weighted by molar-refractivity contribution is 5.91. The van der Waals surface area contributed by atoms with Crippen molar-refractivity contribution in [3.63, 3.8) is 0 Å². The second kappa shape index (κ2) is 20.5. The van der Waals surface area contributed by atoms with Gasteiger partial charge in [-0.15, -0.1) is 0 Å². The number of fused-ring (bicyclic) bond motifs is 1. The van der Waals surface area contributed by atoms with Crippen LogP contribution in [0.25, 0.3) is 0 Å². The van der Waals surface area contributed by atoms with Crippen molar-refractivity contribution in [2.75, 3.05) is 20.1 Å². The monoisotopic (exact) mass is 749 g/mol. The number of benzene rings is 2. The fourth-order valence-electron chi connectivity index (χ4n) is 7.14. The lowest BCUT2D eigenvalue weighted by molar-refractivity contribution is -0.150. The van der Waals surface area contributed by atoms with Crippen LogP contribution in [-0.4, -0.2) is 78.9 Å². The third-order valence-corrected chi connectivity index (χ3v) is 10.0. The lowest BCUT2D eigenvalue weighted by Gasteiger charge is -2.36. The first-order chi connectivity index (χ1) is 25.7. The maximum Gasteiger partial charge on any atom is 0.407 e. The van der Waals surface area contributed by atoms with Crippen molar-refractivity contribution in [2.45, 2.75) is 135 Å². The second-order valence-electron chi connectivity index (χ2n) is 16.2. The van der Waals surface area contributed by atoms with Crippen LogP contribution in [0.2, 0.25) is 0 Å². The Morgan fingerprint density at radius 3 is 2.39 bits per heavy atom. The molecule has 12 nitrogen and oxygen atoms in total. The van der Waals surface area contributed by atoms with Crippen LogP contribution in [0.5, 0.6) is 5.75 Å². The summed E-state index contributed by atoms with van der Waals surface area (Å²) >= 11 is 0. The molecule has 1 heterocycles. The molecule has 1 saturated carbocycles. The Bertz CT molecular complexity index is 1520. The van der Waals surface area contributed by atoms with Gasteiger partial charge in [0, 0.05) is 20.1 Å². The van der Waals surface area contributed by atoms with E-state index >= 15 is 0 Å². The molecule has 3 amide bonds. The standard InChI is InChI=1S/C42H63N5O7/c1-28(2)25-34(40(50)52-27-29-15-9-7-10-16-29)46-38(48)37(43)47(6)39(49)35(30-17-11-8-12-18-30)45-26-33-23-22-32-20-13-19-31(36(32)53-33)21-14-24-44-41(51)54-42(3,4)5/h7,9-10,13,15-16,19-20,28,30,33-35,37,45H,8,11-12,14,17-18,21-27,43H2,1-6H3,(H,44,51)(H,46,48)/t33-,34-,35+,37+/m1/s1. The molecule has 1 fully saturated rings. The van der Waals surface area contributed by atoms with Gasteiger partial charge in [-0.2, -0.15) is 0 Å². The molecule has 0 bridgehead atoms. The Morgan fingerprint density at radius 1 is 0.981 bits per heavy atom. The average Bonchev–Trinajstić information content (AvgIpc) is 3.14. The number of nitrogens with two attached hydrogens (primary N) is 1. The van der Waals surface area contributed by atoms with Crippen molar-refractivity contribution in [2.24, 2.45) is 17.6 Å². The number of nitrogens with one attached hydrogen (secondary N) is 3. The van der Waals surface area contributed by atoms with Crippen LogP contribution in [0, 0.1) is 11.8 Å². The molecule has 4 rings (SSSR count). The highest BCUT2D eigenvalue weighted by Crippen LogP contribution is 2.33. The molecule has 0 unspecified atom stereocenters. The van der Waals surface area contributed by atoms with Crippen LogP contribution in [0.1, 0.15) is 103 Å². The van der Waals surface area contributed by atoms with E-state index in [1.807, 2.05) is 71.0 Å². The summed E-state index contributed by atoms with van der Waals surface area (Å²) in [5, 5.41) is 9.14. The summed E-state index contributed by atoms with van der Waals surface area (Å²) in [6.45, 7) is 10.5. The quantitative estimate of drug-likeness (QED) is 0.0944. The minimum Gasteiger partial charge on any atom is -0.489 e. The zero-order valence-electron chi connectivity index (χ0n) is 33.2. The number of aryl methyl sites for hydroxylation is 2. The van der Waals surface area contributed by atoms with Crippen LogP contribution in [0.15, 0.2) is 48.5 Å². The Hall–Kier alpha value is -4.16. The maximum absolute atomic E-state index is 14.2. The largest absolute Gasteiger partial charge is 0.489 e. The number of carbonyl (C=O) groups is 4. The zero-order valence-corrected chi connectivity index (χ0v) is 33.2. The lowest BCUT2D eigenvalue weighted by Crippen LogP contribution is -2.61. The summed E-state index contributed by atoms with van der Waals surface area (Å²) in [6, 6.07) is 14.1. The number of nitrogens with zero attached hydrogens (tertiary/aromatic N) is 1. The van der Waals surface area contributed by atoms with Gasteiger partial charge in [-0.25, -0.2) is 9.59 Å². The topological polar surface area (TPSA) is 161 Å². The Morgan fingerprint density at radius 2 is 1.70 bits per heavy atom. The lowest BCUT2D eigenvalue weighted by atomic mass is 9.83. The van der Waals surface area contributed by atoms with E-state index in [1.165, 1.54) is 4.90 Å². The van der Waals surface area contributed by atoms with Crippen LogP contribution in [0.3, 0.4) is 0 Å². The molecular weight excluding hydrogens is 686 g/mol. The smallest absolute Gasteiger partial charge is 0.407 e. The molecule has 2 aromatic rings. The van der Waals surface area contributed by atoms with E-state index < -0.39 is 41.8 Å². The summed E-state index contributed by atoms with van der Waals surface area (Å²) < 4.78 is 17.5. The van der Waals surface area contributed by atoms with Gasteiger partial charge in [0.2, 0.25) is 5.91 Å². The third-order valence-electron chi connectivity index (χ3n) is 10.0. The SMILES string of the molecule is CC(C)C[C@@H](NC(=O)[C@@H](N)N(C)C(=O)[C@@H](NC[C@H]1CCc2cccc(CCCNC(=O)OC(C)(C)C)c2O1)C1CCCCC1)C(=O)OCc1ccccc1. The predicted octanol–water partition coefficient (Wildman–Crippen LogP) is 5.39. The van der Waals surface area contributed by atoms with Crippen molar-refractivity contribution in [3.05, 3.63) is 65.2 Å². The van der Waals surface area contributed by atoms with Gasteiger partial charge in [-0.3, -0.25) is 9.59 Å². The van der Waals surface area contributed by atoms with E-state index in [2.05, 4.69) is 28.1 Å². The van der Waals surface area contributed by atoms with E-state index in [0.29, 0.717) is 19.5 Å². The van der Waals surface area contributed by atoms with Gasteiger partial charge in [0.15, 0.2) is 6.17 Å². The molecule has 12 heteroatoms. The number of esters is 1.